The molecule has 1 amide bonds. The maximum Gasteiger partial charge on any atom is 0.265 e. The molecule has 24 heavy (non-hydrogen) atoms. The molecular formula is C16H19N5O3. The zero-order valence-corrected chi connectivity index (χ0v) is 13.7. The number of aryl methyl sites for hydroxylation is 3. The fourth-order valence-corrected chi connectivity index (χ4v) is 2.36. The Hall–Kier alpha value is -2.90. The van der Waals surface area contributed by atoms with Crippen LogP contribution in [0.25, 0.3) is 11.6 Å². The van der Waals surface area contributed by atoms with Gasteiger partial charge < -0.3 is 14.2 Å². The Labute approximate surface area is 138 Å². The number of aromatic nitrogens is 4. The van der Waals surface area contributed by atoms with Crippen molar-refractivity contribution in [3.8, 4) is 11.6 Å². The number of furan rings is 1. The first-order valence-corrected chi connectivity index (χ1v) is 7.74. The van der Waals surface area contributed by atoms with Crippen LogP contribution in [0.3, 0.4) is 0 Å². The van der Waals surface area contributed by atoms with Crippen molar-refractivity contribution in [2.24, 2.45) is 7.05 Å². The topological polar surface area (TPSA) is 99.0 Å². The van der Waals surface area contributed by atoms with Crippen molar-refractivity contribution in [3.05, 3.63) is 41.8 Å². The molecular weight excluding hydrogens is 310 g/mol. The molecule has 0 fully saturated rings. The van der Waals surface area contributed by atoms with Gasteiger partial charge in [0.15, 0.2) is 0 Å². The van der Waals surface area contributed by atoms with Crippen molar-refractivity contribution in [2.45, 2.75) is 26.2 Å². The SMILES string of the molecule is Cc1cc(-c2nnc(CCC(=O)NCCc3ccco3)o2)n(C)n1. The standard InChI is InChI=1S/C16H19N5O3/c1-11-10-13(21(2)20-11)16-19-18-15(24-16)6-5-14(22)17-8-7-12-4-3-9-23-12/h3-4,9-10H,5-8H2,1-2H3,(H,17,22). The van der Waals surface area contributed by atoms with Crippen molar-refractivity contribution in [2.75, 3.05) is 6.54 Å². The Morgan fingerprint density at radius 2 is 2.21 bits per heavy atom. The fourth-order valence-electron chi connectivity index (χ4n) is 2.36. The molecule has 3 aromatic heterocycles. The normalized spacial score (nSPS) is 10.9. The van der Waals surface area contributed by atoms with Gasteiger partial charge in [-0.25, -0.2) is 0 Å². The minimum Gasteiger partial charge on any atom is -0.469 e. The molecule has 0 aliphatic carbocycles. The van der Waals surface area contributed by atoms with E-state index in [0.29, 0.717) is 37.6 Å². The molecule has 0 aliphatic rings. The summed E-state index contributed by atoms with van der Waals surface area (Å²) >= 11 is 0. The largest absolute Gasteiger partial charge is 0.469 e. The number of nitrogens with one attached hydrogen (secondary N) is 1. The van der Waals surface area contributed by atoms with E-state index in [1.54, 1.807) is 10.9 Å². The van der Waals surface area contributed by atoms with Crippen LogP contribution in [0.2, 0.25) is 0 Å². The molecule has 0 aliphatic heterocycles. The van der Waals surface area contributed by atoms with Gasteiger partial charge in [-0.15, -0.1) is 10.2 Å². The Balaban J connectivity index is 1.46. The van der Waals surface area contributed by atoms with Gasteiger partial charge in [-0.1, -0.05) is 0 Å². The smallest absolute Gasteiger partial charge is 0.265 e. The van der Waals surface area contributed by atoms with Crippen molar-refractivity contribution in [1.82, 2.24) is 25.3 Å². The van der Waals surface area contributed by atoms with E-state index in [1.807, 2.05) is 32.2 Å². The summed E-state index contributed by atoms with van der Waals surface area (Å²) in [7, 11) is 1.82. The second-order valence-electron chi connectivity index (χ2n) is 5.47. The molecule has 0 spiro atoms. The number of amides is 1. The summed E-state index contributed by atoms with van der Waals surface area (Å²) in [6.45, 7) is 2.43. The summed E-state index contributed by atoms with van der Waals surface area (Å²) in [6, 6.07) is 5.58. The van der Waals surface area contributed by atoms with Crippen molar-refractivity contribution < 1.29 is 13.6 Å². The first-order chi connectivity index (χ1) is 11.6. The second-order valence-corrected chi connectivity index (χ2v) is 5.47. The van der Waals surface area contributed by atoms with Gasteiger partial charge >= 0.3 is 0 Å². The third-order valence-electron chi connectivity index (χ3n) is 3.53. The van der Waals surface area contributed by atoms with E-state index < -0.39 is 0 Å². The van der Waals surface area contributed by atoms with E-state index in [1.165, 1.54) is 0 Å². The molecule has 0 atom stereocenters. The van der Waals surface area contributed by atoms with E-state index in [4.69, 9.17) is 8.83 Å². The molecule has 3 aromatic rings. The summed E-state index contributed by atoms with van der Waals surface area (Å²) in [6.07, 6.45) is 2.98. The van der Waals surface area contributed by atoms with Gasteiger partial charge in [0, 0.05) is 32.9 Å². The maximum absolute atomic E-state index is 11.8. The van der Waals surface area contributed by atoms with Crippen LogP contribution in [0.15, 0.2) is 33.3 Å². The highest BCUT2D eigenvalue weighted by Gasteiger charge is 2.14. The zero-order valence-electron chi connectivity index (χ0n) is 13.7. The Bertz CT molecular complexity index is 804. The van der Waals surface area contributed by atoms with Gasteiger partial charge in [-0.2, -0.15) is 5.10 Å². The number of nitrogens with zero attached hydrogens (tertiary/aromatic N) is 4. The Morgan fingerprint density at radius 3 is 2.92 bits per heavy atom. The van der Waals surface area contributed by atoms with Crippen LogP contribution in [0.4, 0.5) is 0 Å². The monoisotopic (exact) mass is 329 g/mol. The van der Waals surface area contributed by atoms with Crippen LogP contribution < -0.4 is 5.32 Å². The van der Waals surface area contributed by atoms with Gasteiger partial charge in [0.05, 0.1) is 12.0 Å². The third kappa shape index (κ3) is 3.89. The van der Waals surface area contributed by atoms with Gasteiger partial charge in [-0.3, -0.25) is 9.48 Å². The average molecular weight is 329 g/mol. The van der Waals surface area contributed by atoms with Crippen LogP contribution >= 0.6 is 0 Å². The van der Waals surface area contributed by atoms with Gasteiger partial charge in [0.25, 0.3) is 5.89 Å². The Morgan fingerprint density at radius 1 is 1.33 bits per heavy atom. The lowest BCUT2D eigenvalue weighted by molar-refractivity contribution is -0.121. The quantitative estimate of drug-likeness (QED) is 0.708. The van der Waals surface area contributed by atoms with E-state index >= 15 is 0 Å². The minimum absolute atomic E-state index is 0.0577. The van der Waals surface area contributed by atoms with E-state index in [-0.39, 0.29) is 5.91 Å². The lowest BCUT2D eigenvalue weighted by Crippen LogP contribution is -2.25. The summed E-state index contributed by atoms with van der Waals surface area (Å²) in [5.74, 6) is 1.64. The van der Waals surface area contributed by atoms with Crippen molar-refractivity contribution >= 4 is 5.91 Å². The molecule has 126 valence electrons. The molecule has 1 N–H and O–H groups in total. The molecule has 0 bridgehead atoms. The average Bonchev–Trinajstić information content (AvgIpc) is 3.27. The molecule has 0 radical (unpaired) electrons. The third-order valence-corrected chi connectivity index (χ3v) is 3.53. The first kappa shape index (κ1) is 16.0. The van der Waals surface area contributed by atoms with Gasteiger partial charge in [0.2, 0.25) is 11.8 Å². The zero-order chi connectivity index (χ0) is 16.9. The van der Waals surface area contributed by atoms with Crippen LogP contribution in [0.1, 0.15) is 23.8 Å². The van der Waals surface area contributed by atoms with Crippen molar-refractivity contribution in [1.29, 1.82) is 0 Å². The highest BCUT2D eigenvalue weighted by molar-refractivity contribution is 5.76. The summed E-state index contributed by atoms with van der Waals surface area (Å²) in [5.41, 5.74) is 1.64. The minimum atomic E-state index is -0.0577. The maximum atomic E-state index is 11.8. The van der Waals surface area contributed by atoms with Crippen LogP contribution in [-0.4, -0.2) is 32.4 Å². The summed E-state index contributed by atoms with van der Waals surface area (Å²) in [5, 5.41) is 15.1. The highest BCUT2D eigenvalue weighted by Crippen LogP contribution is 2.18. The first-order valence-electron chi connectivity index (χ1n) is 7.74. The van der Waals surface area contributed by atoms with Gasteiger partial charge in [-0.05, 0) is 25.1 Å². The van der Waals surface area contributed by atoms with E-state index in [9.17, 15) is 4.79 Å². The van der Waals surface area contributed by atoms with Crippen LogP contribution in [-0.2, 0) is 24.7 Å². The van der Waals surface area contributed by atoms with Crippen LogP contribution in [0, 0.1) is 6.92 Å². The number of carbonyl (C=O) groups is 1. The van der Waals surface area contributed by atoms with E-state index in [0.717, 1.165) is 17.1 Å². The molecule has 0 unspecified atom stereocenters. The van der Waals surface area contributed by atoms with Crippen LogP contribution in [0.5, 0.6) is 0 Å². The summed E-state index contributed by atoms with van der Waals surface area (Å²) in [4.78, 5) is 11.8. The lowest BCUT2D eigenvalue weighted by Gasteiger charge is -2.02. The second kappa shape index (κ2) is 7.12. The number of hydrogen-bond donors (Lipinski definition) is 1. The highest BCUT2D eigenvalue weighted by atomic mass is 16.4. The Kier molecular flexibility index (Phi) is 4.74. The predicted octanol–water partition coefficient (Wildman–Crippen LogP) is 1.66. The lowest BCUT2D eigenvalue weighted by atomic mass is 10.3. The molecule has 8 nitrogen and oxygen atoms in total. The number of hydrogen-bond acceptors (Lipinski definition) is 6. The molecule has 0 aromatic carbocycles. The van der Waals surface area contributed by atoms with Crippen molar-refractivity contribution in [3.63, 3.8) is 0 Å². The number of rotatable bonds is 7. The predicted molar refractivity (Wildman–Crippen MR) is 85.0 cm³/mol. The molecule has 3 heterocycles. The molecule has 0 saturated heterocycles. The fraction of sp³-hybridized carbons (Fsp3) is 0.375. The van der Waals surface area contributed by atoms with E-state index in [2.05, 4.69) is 20.6 Å². The summed E-state index contributed by atoms with van der Waals surface area (Å²) < 4.78 is 12.5. The van der Waals surface area contributed by atoms with Gasteiger partial charge in [0.1, 0.15) is 11.5 Å². The molecule has 8 heteroatoms. The molecule has 3 rings (SSSR count). The number of carbonyl (C=O) groups excluding carboxylic acids is 1. The molecule has 0 saturated carbocycles.